The average Bonchev–Trinajstić information content (AvgIpc) is 2.94. The quantitative estimate of drug-likeness (QED) is 0.447. The molecule has 0 saturated carbocycles. The normalized spacial score (nSPS) is 6.12. The number of aromatic hydroxyl groups is 1. The van der Waals surface area contributed by atoms with E-state index >= 15 is 0 Å². The van der Waals surface area contributed by atoms with Gasteiger partial charge in [-0.2, -0.15) is 18.2 Å². The summed E-state index contributed by atoms with van der Waals surface area (Å²) < 4.78 is 15.0. The summed E-state index contributed by atoms with van der Waals surface area (Å²) in [5, 5.41) is 8.63. The van der Waals surface area contributed by atoms with Gasteiger partial charge in [0, 0.05) is 17.1 Å². The molecule has 2 aromatic carbocycles. The van der Waals surface area contributed by atoms with Gasteiger partial charge in [-0.25, -0.2) is 12.1 Å². The maximum atomic E-state index is 8.63. The largest absolute Gasteiger partial charge is 0.214 e. The van der Waals surface area contributed by atoms with Crippen molar-refractivity contribution in [2.45, 2.75) is 0 Å². The minimum Gasteiger partial charge on any atom is -0.214 e. The van der Waals surface area contributed by atoms with Crippen LogP contribution in [0.15, 0.2) is 60.7 Å². The molecule has 0 aliphatic heterocycles. The Bertz CT molecular complexity index is 329. The van der Waals surface area contributed by atoms with Crippen molar-refractivity contribution in [3.05, 3.63) is 74.0 Å². The minimum atomic E-state index is 0. The van der Waals surface area contributed by atoms with E-state index in [-0.39, 0.29) is 17.1 Å². The van der Waals surface area contributed by atoms with Gasteiger partial charge in [0.05, 0.1) is 0 Å². The molecule has 0 bridgehead atoms. The van der Waals surface area contributed by atoms with E-state index < -0.39 is 0 Å². The van der Waals surface area contributed by atoms with Gasteiger partial charge < -0.3 is 5.11 Å². The van der Waals surface area contributed by atoms with Crippen LogP contribution in [0.25, 0.3) is 0 Å². The Balaban J connectivity index is -0.000000175. The zero-order valence-electron chi connectivity index (χ0n) is 8.89. The maximum absolute atomic E-state index is 8.63. The van der Waals surface area contributed by atoms with Crippen molar-refractivity contribution >= 4 is 0 Å². The van der Waals surface area contributed by atoms with Crippen molar-refractivity contribution in [2.75, 3.05) is 0 Å². The molecule has 0 aliphatic rings. The molecule has 2 rings (SSSR count). The van der Waals surface area contributed by atoms with Gasteiger partial charge in [-0.05, 0) is 12.1 Å². The molecule has 90 valence electrons. The van der Waals surface area contributed by atoms with Crippen molar-refractivity contribution in [1.82, 2.24) is 0 Å². The van der Waals surface area contributed by atoms with Crippen LogP contribution in [0, 0.1) is 13.3 Å². The summed E-state index contributed by atoms with van der Waals surface area (Å²) in [6, 6.07) is 18.7. The van der Waals surface area contributed by atoms with Crippen LogP contribution in [0.5, 0.6) is 5.75 Å². The Morgan fingerprint density at radius 2 is 1.24 bits per heavy atom. The number of phenols is 1. The summed E-state index contributed by atoms with van der Waals surface area (Å²) in [4.78, 5) is 0. The standard InChI is InChI=1S/C6H6O.C5H5.2CO.Fe/c7-6-4-2-1-3-5-6;1-2-4-5-3-1;2*1-2;/h1-5,7H;1-5H;;;/q;-1;;;. The molecular formula is C13H11FeO3-. The first-order valence-electron chi connectivity index (χ1n) is 4.21. The number of phenolic OH excluding ortho intramolecular Hbond substituents is 1. The van der Waals surface area contributed by atoms with E-state index in [0.717, 1.165) is 0 Å². The van der Waals surface area contributed by atoms with Crippen molar-refractivity contribution in [1.29, 1.82) is 0 Å². The van der Waals surface area contributed by atoms with E-state index in [0.29, 0.717) is 5.75 Å². The summed E-state index contributed by atoms with van der Waals surface area (Å²) in [5.41, 5.74) is 0. The third-order valence-corrected chi connectivity index (χ3v) is 1.31. The molecule has 0 unspecified atom stereocenters. The molecular weight excluding hydrogens is 260 g/mol. The summed E-state index contributed by atoms with van der Waals surface area (Å²) in [5.74, 6) is 0.322. The minimum absolute atomic E-state index is 0. The van der Waals surface area contributed by atoms with Gasteiger partial charge in [0.1, 0.15) is 5.75 Å². The maximum Gasteiger partial charge on any atom is 0 e. The number of hydrogen-bond donors (Lipinski definition) is 1. The zero-order valence-corrected chi connectivity index (χ0v) is 9.99. The molecule has 0 saturated heterocycles. The molecule has 0 spiro atoms. The molecule has 0 heterocycles. The van der Waals surface area contributed by atoms with Crippen LogP contribution in [0.3, 0.4) is 0 Å². The number of hydrogen-bond acceptors (Lipinski definition) is 1. The van der Waals surface area contributed by atoms with Crippen LogP contribution in [0.4, 0.5) is 0 Å². The predicted octanol–water partition coefficient (Wildman–Crippen LogP) is 2.72. The van der Waals surface area contributed by atoms with Gasteiger partial charge in [-0.1, -0.05) is 18.2 Å². The van der Waals surface area contributed by atoms with Gasteiger partial charge in [0.25, 0.3) is 0 Å². The third kappa shape index (κ3) is 17.0. The van der Waals surface area contributed by atoms with E-state index in [1.165, 1.54) is 0 Å². The Kier molecular flexibility index (Phi) is 24.2. The number of para-hydroxylation sites is 1. The fraction of sp³-hybridized carbons (Fsp3) is 0. The number of rotatable bonds is 0. The molecule has 17 heavy (non-hydrogen) atoms. The molecule has 3 nitrogen and oxygen atoms in total. The van der Waals surface area contributed by atoms with Gasteiger partial charge in [-0.15, -0.1) is 0 Å². The average molecular weight is 271 g/mol. The van der Waals surface area contributed by atoms with Crippen LogP contribution < -0.4 is 0 Å². The van der Waals surface area contributed by atoms with E-state index in [2.05, 4.69) is 13.3 Å². The topological polar surface area (TPSA) is 60.0 Å². The fourth-order valence-corrected chi connectivity index (χ4v) is 0.749. The van der Waals surface area contributed by atoms with Crippen molar-refractivity contribution < 1.29 is 31.5 Å². The SMILES string of the molecule is Oc1ccccc1.[C-]#[O+].[C-]#[O+].[Fe].c1cc[cH-]c1. The molecule has 0 aromatic heterocycles. The van der Waals surface area contributed by atoms with E-state index in [4.69, 9.17) is 14.4 Å². The van der Waals surface area contributed by atoms with Crippen molar-refractivity contribution in [2.24, 2.45) is 0 Å². The van der Waals surface area contributed by atoms with Gasteiger partial charge in [-0.3, -0.25) is 0 Å². The molecule has 0 aliphatic carbocycles. The smallest absolute Gasteiger partial charge is 0 e. The Hall–Kier alpha value is -1.63. The molecule has 1 N–H and O–H groups in total. The van der Waals surface area contributed by atoms with E-state index in [1.54, 1.807) is 24.3 Å². The summed E-state index contributed by atoms with van der Waals surface area (Å²) in [6.45, 7) is 9.00. The second-order valence-electron chi connectivity index (χ2n) is 2.30. The molecule has 2 aromatic rings. The van der Waals surface area contributed by atoms with Crippen LogP contribution in [-0.2, 0) is 26.4 Å². The predicted molar refractivity (Wildman–Crippen MR) is 58.0 cm³/mol. The first-order valence-corrected chi connectivity index (χ1v) is 4.21. The van der Waals surface area contributed by atoms with E-state index in [1.807, 2.05) is 36.4 Å². The molecule has 0 fully saturated rings. The van der Waals surface area contributed by atoms with Crippen LogP contribution in [-0.4, -0.2) is 5.11 Å². The number of benzene rings is 1. The second-order valence-corrected chi connectivity index (χ2v) is 2.30. The van der Waals surface area contributed by atoms with Crippen molar-refractivity contribution in [3.63, 3.8) is 0 Å². The Morgan fingerprint density at radius 3 is 1.41 bits per heavy atom. The Labute approximate surface area is 111 Å². The van der Waals surface area contributed by atoms with Gasteiger partial charge in [0.15, 0.2) is 0 Å². The summed E-state index contributed by atoms with van der Waals surface area (Å²) >= 11 is 0. The first-order chi connectivity index (χ1) is 7.89. The van der Waals surface area contributed by atoms with E-state index in [9.17, 15) is 0 Å². The van der Waals surface area contributed by atoms with Crippen LogP contribution in [0.2, 0.25) is 0 Å². The molecule has 4 heteroatoms. The molecule has 0 atom stereocenters. The van der Waals surface area contributed by atoms with Crippen molar-refractivity contribution in [3.8, 4) is 5.75 Å². The van der Waals surface area contributed by atoms with Crippen LogP contribution in [0.1, 0.15) is 0 Å². The molecule has 0 radical (unpaired) electrons. The molecule has 0 amide bonds. The first kappa shape index (κ1) is 20.7. The van der Waals surface area contributed by atoms with Crippen LogP contribution >= 0.6 is 0 Å². The second kappa shape index (κ2) is 19.9. The zero-order chi connectivity index (χ0) is 12.6. The van der Waals surface area contributed by atoms with Gasteiger partial charge >= 0.3 is 22.6 Å². The Morgan fingerprint density at radius 1 is 0.824 bits per heavy atom. The monoisotopic (exact) mass is 271 g/mol. The summed E-state index contributed by atoms with van der Waals surface area (Å²) in [7, 11) is 0. The fourth-order valence-electron chi connectivity index (χ4n) is 0.749. The third-order valence-electron chi connectivity index (χ3n) is 1.31. The summed E-state index contributed by atoms with van der Waals surface area (Å²) in [6.07, 6.45) is 0. The van der Waals surface area contributed by atoms with Gasteiger partial charge in [0.2, 0.25) is 0 Å².